The zero-order valence-corrected chi connectivity index (χ0v) is 22.4. The lowest BCUT2D eigenvalue weighted by Gasteiger charge is -2.58. The molecule has 29 heavy (non-hydrogen) atoms. The Balaban J connectivity index is 1.54. The SMILES string of the molecule is C[C@]12CC[C@@H](O[Si](C)(C)C)C=C1CCC1C2CC[C@@]2(C)C1CC[C@H]2O[Si](C)(C)C. The summed E-state index contributed by atoms with van der Waals surface area (Å²) in [4.78, 5) is 0. The molecule has 4 aliphatic rings. The molecule has 0 amide bonds. The summed E-state index contributed by atoms with van der Waals surface area (Å²) in [7, 11) is -2.95. The second-order valence-corrected chi connectivity index (χ2v) is 22.1. The van der Waals surface area contributed by atoms with Gasteiger partial charge in [0, 0.05) is 0 Å². The third-order valence-corrected chi connectivity index (χ3v) is 11.0. The van der Waals surface area contributed by atoms with Crippen LogP contribution in [0, 0.1) is 28.6 Å². The summed E-state index contributed by atoms with van der Waals surface area (Å²) in [5, 5.41) is 0. The van der Waals surface area contributed by atoms with Crippen molar-refractivity contribution in [2.24, 2.45) is 28.6 Å². The molecular weight excluding hydrogens is 388 g/mol. The van der Waals surface area contributed by atoms with E-state index in [2.05, 4.69) is 59.2 Å². The molecule has 0 aromatic heterocycles. The van der Waals surface area contributed by atoms with Crippen LogP contribution in [0.15, 0.2) is 11.6 Å². The highest BCUT2D eigenvalue weighted by Crippen LogP contribution is 2.66. The number of allylic oxidation sites excluding steroid dienone is 1. The summed E-state index contributed by atoms with van der Waals surface area (Å²) in [6.45, 7) is 19.3. The molecule has 166 valence electrons. The highest BCUT2D eigenvalue weighted by Gasteiger charge is 2.59. The van der Waals surface area contributed by atoms with E-state index in [1.807, 2.05) is 0 Å². The zero-order valence-electron chi connectivity index (χ0n) is 20.4. The summed E-state index contributed by atoms with van der Waals surface area (Å²) >= 11 is 0. The first-order valence-electron chi connectivity index (χ1n) is 12.4. The van der Waals surface area contributed by atoms with E-state index >= 15 is 0 Å². The largest absolute Gasteiger partial charge is 0.414 e. The van der Waals surface area contributed by atoms with E-state index in [0.717, 1.165) is 17.8 Å². The first-order chi connectivity index (χ1) is 13.3. The molecule has 0 N–H and O–H groups in total. The molecule has 0 aromatic rings. The predicted molar refractivity (Wildman–Crippen MR) is 128 cm³/mol. The van der Waals surface area contributed by atoms with E-state index < -0.39 is 16.6 Å². The van der Waals surface area contributed by atoms with E-state index in [4.69, 9.17) is 8.85 Å². The van der Waals surface area contributed by atoms with Crippen LogP contribution >= 0.6 is 0 Å². The molecule has 0 spiro atoms. The van der Waals surface area contributed by atoms with Crippen molar-refractivity contribution in [3.8, 4) is 0 Å². The van der Waals surface area contributed by atoms with E-state index in [1.54, 1.807) is 5.57 Å². The molecule has 4 aliphatic carbocycles. The van der Waals surface area contributed by atoms with Crippen molar-refractivity contribution in [1.82, 2.24) is 0 Å². The van der Waals surface area contributed by atoms with Crippen LogP contribution in [0.2, 0.25) is 39.3 Å². The van der Waals surface area contributed by atoms with Gasteiger partial charge in [-0.3, -0.25) is 0 Å². The van der Waals surface area contributed by atoms with Crippen molar-refractivity contribution >= 4 is 16.6 Å². The summed E-state index contributed by atoms with van der Waals surface area (Å²) in [6, 6.07) is 0. The minimum atomic E-state index is -1.48. The second kappa shape index (κ2) is 7.32. The van der Waals surface area contributed by atoms with E-state index in [0.29, 0.717) is 23.0 Å². The molecule has 4 heteroatoms. The third-order valence-electron chi connectivity index (χ3n) is 8.99. The van der Waals surface area contributed by atoms with Crippen LogP contribution in [-0.2, 0) is 8.85 Å². The average Bonchev–Trinajstić information content (AvgIpc) is 2.89. The summed E-state index contributed by atoms with van der Waals surface area (Å²) in [5.74, 6) is 2.69. The molecule has 0 aliphatic heterocycles. The lowest BCUT2D eigenvalue weighted by atomic mass is 9.47. The van der Waals surface area contributed by atoms with Crippen molar-refractivity contribution in [3.63, 3.8) is 0 Å². The van der Waals surface area contributed by atoms with Gasteiger partial charge in [0.15, 0.2) is 16.6 Å². The maximum atomic E-state index is 6.76. The van der Waals surface area contributed by atoms with E-state index in [9.17, 15) is 0 Å². The smallest absolute Gasteiger partial charge is 0.184 e. The van der Waals surface area contributed by atoms with Gasteiger partial charge in [0.25, 0.3) is 0 Å². The first-order valence-corrected chi connectivity index (χ1v) is 19.2. The Labute approximate surface area is 182 Å². The standard InChI is InChI=1S/C25H46O2Si2/c1-24-15-13-19(26-28(3,4)5)17-18(24)9-10-20-21-11-12-23(27-29(6,7)8)25(21,2)16-14-22(20)24/h17,19-23H,9-16H2,1-8H3/t19-,20?,21?,22?,23-,24+,25+/m1/s1. The monoisotopic (exact) mass is 434 g/mol. The highest BCUT2D eigenvalue weighted by molar-refractivity contribution is 6.70. The van der Waals surface area contributed by atoms with Gasteiger partial charge < -0.3 is 8.85 Å². The maximum Gasteiger partial charge on any atom is 0.184 e. The van der Waals surface area contributed by atoms with Crippen molar-refractivity contribution in [1.29, 1.82) is 0 Å². The molecule has 4 rings (SSSR count). The minimum Gasteiger partial charge on any atom is -0.414 e. The fourth-order valence-corrected chi connectivity index (χ4v) is 10.2. The van der Waals surface area contributed by atoms with Crippen LogP contribution in [0.25, 0.3) is 0 Å². The maximum absolute atomic E-state index is 6.76. The van der Waals surface area contributed by atoms with Crippen molar-refractivity contribution in [2.45, 2.75) is 117 Å². The fourth-order valence-electron chi connectivity index (χ4n) is 7.82. The summed E-state index contributed by atoms with van der Waals surface area (Å²) in [5.41, 5.74) is 2.61. The van der Waals surface area contributed by atoms with Gasteiger partial charge in [-0.05, 0) is 119 Å². The zero-order chi connectivity index (χ0) is 21.2. The van der Waals surface area contributed by atoms with E-state index in [-0.39, 0.29) is 0 Å². The number of fused-ring (bicyclic) bond motifs is 5. The molecule has 2 nitrogen and oxygen atoms in total. The van der Waals surface area contributed by atoms with Gasteiger partial charge in [0.1, 0.15) is 0 Å². The number of hydrogen-bond donors (Lipinski definition) is 0. The van der Waals surface area contributed by atoms with Crippen LogP contribution in [-0.4, -0.2) is 28.8 Å². The lowest BCUT2D eigenvalue weighted by Crippen LogP contribution is -2.52. The first kappa shape index (κ1) is 22.3. The Bertz CT molecular complexity index is 661. The van der Waals surface area contributed by atoms with Crippen LogP contribution in [0.4, 0.5) is 0 Å². The third kappa shape index (κ3) is 4.13. The Hall–Kier alpha value is 0.0938. The van der Waals surface area contributed by atoms with E-state index in [1.165, 1.54) is 51.4 Å². The molecule has 3 fully saturated rings. The van der Waals surface area contributed by atoms with Crippen LogP contribution in [0.3, 0.4) is 0 Å². The van der Waals surface area contributed by atoms with Crippen LogP contribution in [0.5, 0.6) is 0 Å². The Morgan fingerprint density at radius 3 is 2.14 bits per heavy atom. The van der Waals surface area contributed by atoms with Crippen LogP contribution in [0.1, 0.15) is 65.2 Å². The molecule has 3 unspecified atom stereocenters. The predicted octanol–water partition coefficient (Wildman–Crippen LogP) is 7.39. The van der Waals surface area contributed by atoms with Crippen molar-refractivity contribution in [3.05, 3.63) is 11.6 Å². The lowest BCUT2D eigenvalue weighted by molar-refractivity contribution is -0.0715. The minimum absolute atomic E-state index is 0.385. The molecular formula is C25H46O2Si2. The Kier molecular flexibility index (Phi) is 5.62. The van der Waals surface area contributed by atoms with Crippen LogP contribution < -0.4 is 0 Å². The quantitative estimate of drug-likeness (QED) is 0.339. The van der Waals surface area contributed by atoms with Gasteiger partial charge in [-0.15, -0.1) is 0 Å². The highest BCUT2D eigenvalue weighted by atomic mass is 28.4. The fraction of sp³-hybridized carbons (Fsp3) is 0.920. The summed E-state index contributed by atoms with van der Waals surface area (Å²) in [6.07, 6.45) is 14.3. The molecule has 7 atom stereocenters. The summed E-state index contributed by atoms with van der Waals surface area (Å²) < 4.78 is 13.3. The van der Waals surface area contributed by atoms with Crippen molar-refractivity contribution in [2.75, 3.05) is 0 Å². The molecule has 0 heterocycles. The van der Waals surface area contributed by atoms with Gasteiger partial charge in [-0.25, -0.2) is 0 Å². The van der Waals surface area contributed by atoms with Gasteiger partial charge in [-0.2, -0.15) is 0 Å². The number of hydrogen-bond acceptors (Lipinski definition) is 2. The molecule has 0 bridgehead atoms. The second-order valence-electron chi connectivity index (χ2n) is 13.2. The average molecular weight is 435 g/mol. The van der Waals surface area contributed by atoms with Gasteiger partial charge in [-0.1, -0.05) is 25.5 Å². The Morgan fingerprint density at radius 2 is 1.48 bits per heavy atom. The molecule has 0 radical (unpaired) electrons. The topological polar surface area (TPSA) is 18.5 Å². The van der Waals surface area contributed by atoms with Gasteiger partial charge in [0.2, 0.25) is 0 Å². The normalized spacial score (nSPS) is 45.2. The Morgan fingerprint density at radius 1 is 0.793 bits per heavy atom. The van der Waals surface area contributed by atoms with Crippen molar-refractivity contribution < 1.29 is 8.85 Å². The van der Waals surface area contributed by atoms with Gasteiger partial charge in [0.05, 0.1) is 12.2 Å². The molecule has 0 saturated heterocycles. The van der Waals surface area contributed by atoms with Gasteiger partial charge >= 0.3 is 0 Å². The molecule has 3 saturated carbocycles. The molecule has 0 aromatic carbocycles. The number of rotatable bonds is 4.